The molecule has 1 unspecified atom stereocenters. The number of aliphatic hydroxyl groups excluding tert-OH is 1. The molecule has 1 aromatic rings. The number of ether oxygens (including phenoxy) is 1. The van der Waals surface area contributed by atoms with E-state index in [-0.39, 0.29) is 0 Å². The molecule has 0 saturated heterocycles. The van der Waals surface area contributed by atoms with Crippen LogP contribution in [-0.4, -0.2) is 29.9 Å². The van der Waals surface area contributed by atoms with E-state index in [1.807, 2.05) is 12.1 Å². The fourth-order valence-electron chi connectivity index (χ4n) is 5.79. The van der Waals surface area contributed by atoms with Gasteiger partial charge in [-0.25, -0.2) is 0 Å². The van der Waals surface area contributed by atoms with E-state index in [2.05, 4.69) is 25.2 Å². The van der Waals surface area contributed by atoms with E-state index < -0.39 is 6.10 Å². The number of benzene rings is 1. The fourth-order valence-corrected chi connectivity index (χ4v) is 5.79. The fraction of sp³-hybridized carbons (Fsp3) is 0.714. The van der Waals surface area contributed by atoms with Gasteiger partial charge in [-0.3, -0.25) is 0 Å². The molecular formula is C21H31NO2. The molecule has 4 saturated carbocycles. The van der Waals surface area contributed by atoms with E-state index in [1.165, 1.54) is 49.7 Å². The van der Waals surface area contributed by atoms with Crippen LogP contribution in [0.25, 0.3) is 0 Å². The molecule has 0 spiro atoms. The third kappa shape index (κ3) is 3.21. The van der Waals surface area contributed by atoms with E-state index in [0.717, 1.165) is 23.5 Å². The summed E-state index contributed by atoms with van der Waals surface area (Å²) in [6.07, 6.45) is 7.90. The predicted octanol–water partition coefficient (Wildman–Crippen LogP) is 3.60. The Labute approximate surface area is 145 Å². The van der Waals surface area contributed by atoms with Gasteiger partial charge in [-0.2, -0.15) is 0 Å². The van der Waals surface area contributed by atoms with Crippen molar-refractivity contribution in [1.82, 2.24) is 5.32 Å². The summed E-state index contributed by atoms with van der Waals surface area (Å²) in [7, 11) is 0. The van der Waals surface area contributed by atoms with E-state index in [4.69, 9.17) is 4.74 Å². The van der Waals surface area contributed by atoms with Gasteiger partial charge < -0.3 is 15.2 Å². The number of hydrogen-bond donors (Lipinski definition) is 2. The first-order chi connectivity index (χ1) is 11.5. The van der Waals surface area contributed by atoms with E-state index in [9.17, 15) is 5.11 Å². The molecule has 4 fully saturated rings. The van der Waals surface area contributed by atoms with Crippen molar-refractivity contribution in [2.75, 3.05) is 13.2 Å². The molecule has 0 radical (unpaired) electrons. The standard InChI is InChI=1S/C21H31NO2/c1-14-4-3-5-20(15(14)2)24-13-19(23)12-22-21-9-16-6-17(10-21)8-18(7-16)11-21/h3-5,16-19,22-23H,6-13H2,1-2H3. The van der Waals surface area contributed by atoms with Crippen molar-refractivity contribution in [3.05, 3.63) is 29.3 Å². The summed E-state index contributed by atoms with van der Waals surface area (Å²) in [5.74, 6) is 3.70. The predicted molar refractivity (Wildman–Crippen MR) is 96.3 cm³/mol. The molecule has 1 atom stereocenters. The largest absolute Gasteiger partial charge is 0.491 e. The monoisotopic (exact) mass is 329 g/mol. The van der Waals surface area contributed by atoms with Crippen molar-refractivity contribution in [3.8, 4) is 5.75 Å². The molecule has 132 valence electrons. The second-order valence-electron chi connectivity index (χ2n) is 8.74. The van der Waals surface area contributed by atoms with Crippen LogP contribution in [0.15, 0.2) is 18.2 Å². The quantitative estimate of drug-likeness (QED) is 0.838. The topological polar surface area (TPSA) is 41.5 Å². The Bertz CT molecular complexity index is 562. The van der Waals surface area contributed by atoms with Crippen molar-refractivity contribution in [3.63, 3.8) is 0 Å². The Morgan fingerprint density at radius 3 is 2.38 bits per heavy atom. The molecule has 0 amide bonds. The van der Waals surface area contributed by atoms with Crippen molar-refractivity contribution >= 4 is 0 Å². The lowest BCUT2D eigenvalue weighted by Crippen LogP contribution is -2.59. The van der Waals surface area contributed by atoms with Gasteiger partial charge in [0.2, 0.25) is 0 Å². The number of rotatable bonds is 6. The molecule has 24 heavy (non-hydrogen) atoms. The van der Waals surface area contributed by atoms with Crippen LogP contribution in [-0.2, 0) is 0 Å². The van der Waals surface area contributed by atoms with Crippen molar-refractivity contribution < 1.29 is 9.84 Å². The Hall–Kier alpha value is -1.06. The third-order valence-corrected chi connectivity index (χ3v) is 6.74. The maximum Gasteiger partial charge on any atom is 0.122 e. The highest BCUT2D eigenvalue weighted by Crippen LogP contribution is 2.55. The first-order valence-electron chi connectivity index (χ1n) is 9.65. The van der Waals surface area contributed by atoms with E-state index in [1.54, 1.807) is 0 Å². The first-order valence-corrected chi connectivity index (χ1v) is 9.65. The zero-order valence-corrected chi connectivity index (χ0v) is 15.1. The molecule has 3 heteroatoms. The summed E-state index contributed by atoms with van der Waals surface area (Å²) < 4.78 is 5.86. The summed E-state index contributed by atoms with van der Waals surface area (Å²) in [5.41, 5.74) is 2.71. The number of aliphatic hydroxyl groups is 1. The zero-order valence-electron chi connectivity index (χ0n) is 15.1. The van der Waals surface area contributed by atoms with E-state index >= 15 is 0 Å². The molecule has 0 aromatic heterocycles. The normalized spacial score (nSPS) is 35.2. The van der Waals surface area contributed by atoms with Gasteiger partial charge in [0.05, 0.1) is 0 Å². The maximum atomic E-state index is 10.4. The van der Waals surface area contributed by atoms with Crippen molar-refractivity contribution in [1.29, 1.82) is 0 Å². The van der Waals surface area contributed by atoms with Crippen molar-refractivity contribution in [2.24, 2.45) is 17.8 Å². The average molecular weight is 329 g/mol. The highest BCUT2D eigenvalue weighted by atomic mass is 16.5. The lowest BCUT2D eigenvalue weighted by molar-refractivity contribution is -0.0266. The Morgan fingerprint density at radius 2 is 1.75 bits per heavy atom. The van der Waals surface area contributed by atoms with Gasteiger partial charge >= 0.3 is 0 Å². The van der Waals surface area contributed by atoms with Gasteiger partial charge in [-0.15, -0.1) is 0 Å². The molecule has 2 N–H and O–H groups in total. The molecule has 4 bridgehead atoms. The second-order valence-corrected chi connectivity index (χ2v) is 8.74. The smallest absolute Gasteiger partial charge is 0.122 e. The van der Waals surface area contributed by atoms with Gasteiger partial charge in [-0.1, -0.05) is 12.1 Å². The van der Waals surface area contributed by atoms with E-state index in [0.29, 0.717) is 18.7 Å². The van der Waals surface area contributed by atoms with Crippen LogP contribution in [0.1, 0.15) is 49.7 Å². The minimum Gasteiger partial charge on any atom is -0.491 e. The van der Waals surface area contributed by atoms with Gasteiger partial charge in [-0.05, 0) is 87.3 Å². The lowest BCUT2D eigenvalue weighted by atomic mass is 9.53. The molecule has 4 aliphatic rings. The average Bonchev–Trinajstić information content (AvgIpc) is 2.53. The van der Waals surface area contributed by atoms with Crippen LogP contribution in [0, 0.1) is 31.6 Å². The minimum atomic E-state index is -0.446. The van der Waals surface area contributed by atoms with Crippen LogP contribution < -0.4 is 10.1 Å². The molecule has 5 rings (SSSR count). The van der Waals surface area contributed by atoms with Gasteiger partial charge in [0, 0.05) is 12.1 Å². The zero-order chi connectivity index (χ0) is 16.7. The lowest BCUT2D eigenvalue weighted by Gasteiger charge is -2.57. The van der Waals surface area contributed by atoms with Gasteiger partial charge in [0.1, 0.15) is 18.5 Å². The summed E-state index contributed by atoms with van der Waals surface area (Å²) in [6.45, 7) is 5.18. The second kappa shape index (κ2) is 6.34. The minimum absolute atomic E-state index is 0.314. The SMILES string of the molecule is Cc1cccc(OCC(O)CNC23CC4CC(CC(C4)C2)C3)c1C. The third-order valence-electron chi connectivity index (χ3n) is 6.74. The molecule has 1 aromatic carbocycles. The van der Waals surface area contributed by atoms with Crippen LogP contribution in [0.4, 0.5) is 0 Å². The molecule has 4 aliphatic carbocycles. The maximum absolute atomic E-state index is 10.4. The number of nitrogens with one attached hydrogen (secondary N) is 1. The van der Waals surface area contributed by atoms with Crippen LogP contribution in [0.2, 0.25) is 0 Å². The summed E-state index contributed by atoms with van der Waals surface area (Å²) in [4.78, 5) is 0. The molecule has 0 aliphatic heterocycles. The summed E-state index contributed by atoms with van der Waals surface area (Å²) >= 11 is 0. The Kier molecular flexibility index (Phi) is 4.34. The Balaban J connectivity index is 1.29. The summed E-state index contributed by atoms with van der Waals surface area (Å²) in [6, 6.07) is 6.09. The highest BCUT2D eigenvalue weighted by molar-refractivity contribution is 5.38. The number of β-amino-alcohol motifs (C(OH)–C–C–N with tert-alkyl or cyclic N) is 1. The molecule has 3 nitrogen and oxygen atoms in total. The highest BCUT2D eigenvalue weighted by Gasteiger charge is 2.50. The van der Waals surface area contributed by atoms with Gasteiger partial charge in [0.25, 0.3) is 0 Å². The molecular weight excluding hydrogens is 298 g/mol. The number of aryl methyl sites for hydroxylation is 1. The first kappa shape index (κ1) is 16.4. The number of hydrogen-bond acceptors (Lipinski definition) is 3. The van der Waals surface area contributed by atoms with Gasteiger partial charge in [0.15, 0.2) is 0 Å². The van der Waals surface area contributed by atoms with Crippen LogP contribution >= 0.6 is 0 Å². The van der Waals surface area contributed by atoms with Crippen LogP contribution in [0.3, 0.4) is 0 Å². The van der Waals surface area contributed by atoms with Crippen LogP contribution in [0.5, 0.6) is 5.75 Å². The summed E-state index contributed by atoms with van der Waals surface area (Å²) in [5, 5.41) is 14.1. The molecule has 0 heterocycles. The Morgan fingerprint density at radius 1 is 1.12 bits per heavy atom. The van der Waals surface area contributed by atoms with Crippen molar-refractivity contribution in [2.45, 2.75) is 64.0 Å².